The van der Waals surface area contributed by atoms with E-state index in [-0.39, 0.29) is 43.3 Å². The summed E-state index contributed by atoms with van der Waals surface area (Å²) >= 11 is 0. The van der Waals surface area contributed by atoms with Crippen molar-refractivity contribution >= 4 is 41.5 Å². The zero-order valence-electron chi connectivity index (χ0n) is 31.0. The van der Waals surface area contributed by atoms with Gasteiger partial charge in [-0.1, -0.05) is 44.5 Å². The van der Waals surface area contributed by atoms with Gasteiger partial charge in [-0.15, -0.1) is 0 Å². The van der Waals surface area contributed by atoms with Gasteiger partial charge < -0.3 is 64.2 Å². The van der Waals surface area contributed by atoms with Crippen LogP contribution < -0.4 is 43.8 Å². The highest BCUT2D eigenvalue weighted by Crippen LogP contribution is 2.15. The Balaban J connectivity index is 2.32. The summed E-state index contributed by atoms with van der Waals surface area (Å²) in [6.07, 6.45) is 0.749. The van der Waals surface area contributed by atoms with Gasteiger partial charge >= 0.3 is 5.97 Å². The van der Waals surface area contributed by atoms with Gasteiger partial charge in [-0.2, -0.15) is 0 Å². The molecule has 0 saturated carbocycles. The summed E-state index contributed by atoms with van der Waals surface area (Å²) in [5, 5.41) is 51.3. The number of benzene rings is 2. The summed E-state index contributed by atoms with van der Waals surface area (Å²) in [5.41, 5.74) is 17.7. The summed E-state index contributed by atoms with van der Waals surface area (Å²) in [4.78, 5) is 82.4. The predicted molar refractivity (Wildman–Crippen MR) is 201 cm³/mol. The zero-order valence-corrected chi connectivity index (χ0v) is 31.0. The minimum Gasteiger partial charge on any atom is -0.508 e. The fourth-order valence-corrected chi connectivity index (χ4v) is 5.14. The summed E-state index contributed by atoms with van der Waals surface area (Å²) in [5.74, 6) is -6.12. The molecular formula is C36H53N9O10. The second-order valence-corrected chi connectivity index (χ2v) is 13.1. The summed E-state index contributed by atoms with van der Waals surface area (Å²) in [6.45, 7) is 4.05. The van der Waals surface area contributed by atoms with Crippen molar-refractivity contribution < 1.29 is 49.2 Å². The van der Waals surface area contributed by atoms with Crippen LogP contribution in [0, 0.1) is 5.92 Å². The average Bonchev–Trinajstić information content (AvgIpc) is 3.14. The third-order valence-electron chi connectivity index (χ3n) is 8.66. The Labute approximate surface area is 318 Å². The summed E-state index contributed by atoms with van der Waals surface area (Å²) in [6, 6.07) is 3.58. The van der Waals surface area contributed by atoms with E-state index < -0.39 is 84.3 Å². The molecule has 19 nitrogen and oxygen atoms in total. The van der Waals surface area contributed by atoms with Crippen molar-refractivity contribution in [1.29, 1.82) is 0 Å². The van der Waals surface area contributed by atoms with Gasteiger partial charge in [0, 0.05) is 19.4 Å². The number of carbonyl (C=O) groups is 6. The van der Waals surface area contributed by atoms with Crippen molar-refractivity contribution in [1.82, 2.24) is 26.6 Å². The lowest BCUT2D eigenvalue weighted by Gasteiger charge is -2.28. The van der Waals surface area contributed by atoms with Crippen molar-refractivity contribution in [2.75, 3.05) is 13.2 Å². The van der Waals surface area contributed by atoms with Crippen molar-refractivity contribution in [2.45, 2.75) is 89.1 Å². The number of phenols is 2. The molecule has 0 radical (unpaired) electrons. The maximum atomic E-state index is 13.8. The van der Waals surface area contributed by atoms with Crippen molar-refractivity contribution in [3.05, 3.63) is 59.7 Å². The quantitative estimate of drug-likeness (QED) is 0.0345. The number of nitrogens with zero attached hydrogens (tertiary/aromatic N) is 1. The fourth-order valence-electron chi connectivity index (χ4n) is 5.14. The number of aliphatic hydroxyl groups is 1. The van der Waals surface area contributed by atoms with E-state index in [0.717, 1.165) is 0 Å². The lowest BCUT2D eigenvalue weighted by Crippen LogP contribution is -2.61. The molecule has 7 atom stereocenters. The monoisotopic (exact) mass is 771 g/mol. The van der Waals surface area contributed by atoms with E-state index in [2.05, 4.69) is 31.6 Å². The standard InChI is InChI=1S/C36H53N9O10/c1-4-19(2)29(45-30(49)25(37)6-5-15-40-36(38)39)34(53)43-27(17-22-9-13-24(48)14-10-22)32(51)44-28(18-46)33(52)42-26(31(50)41-20(3)35(54)55)16-21-7-11-23(47)12-8-21/h7-14,19-20,25-29,46-48H,4-6,15-18,37H2,1-3H3,(H,41,50)(H,42,52)(H,43,53)(H,44,51)(H,45,49)(H,54,55)(H4,38,39,40)/t19-,20-,25-,26-,27-,28-,29-/m0/s1. The molecule has 2 rings (SSSR count). The number of aliphatic hydroxyl groups excluding tert-OH is 1. The molecule has 0 aliphatic rings. The normalized spacial score (nSPS) is 14.7. The van der Waals surface area contributed by atoms with Crippen LogP contribution in [0.3, 0.4) is 0 Å². The summed E-state index contributed by atoms with van der Waals surface area (Å²) in [7, 11) is 0. The van der Waals surface area contributed by atoms with Crippen LogP contribution in [-0.2, 0) is 41.6 Å². The number of hydrogen-bond acceptors (Lipinski definition) is 11. The molecule has 302 valence electrons. The molecule has 2 aromatic rings. The van der Waals surface area contributed by atoms with Gasteiger partial charge in [0.25, 0.3) is 0 Å². The Kier molecular flexibility index (Phi) is 18.3. The van der Waals surface area contributed by atoms with E-state index >= 15 is 0 Å². The number of aromatic hydroxyl groups is 2. The third-order valence-corrected chi connectivity index (χ3v) is 8.66. The van der Waals surface area contributed by atoms with Crippen LogP contribution >= 0.6 is 0 Å². The smallest absolute Gasteiger partial charge is 0.325 e. The van der Waals surface area contributed by atoms with Gasteiger partial charge in [-0.3, -0.25) is 33.8 Å². The number of carboxylic acids is 1. The number of carboxylic acid groups (broad SMARTS) is 1. The number of phenolic OH excluding ortho intramolecular Hbond substituents is 2. The van der Waals surface area contributed by atoms with Gasteiger partial charge in [-0.05, 0) is 61.1 Å². The molecule has 0 aromatic heterocycles. The van der Waals surface area contributed by atoms with Crippen LogP contribution in [-0.4, -0.2) is 111 Å². The van der Waals surface area contributed by atoms with Crippen LogP contribution in [0.1, 0.15) is 51.2 Å². The third kappa shape index (κ3) is 15.5. The number of nitrogens with two attached hydrogens (primary N) is 3. The van der Waals surface area contributed by atoms with Crippen molar-refractivity contribution in [3.63, 3.8) is 0 Å². The zero-order chi connectivity index (χ0) is 41.2. The fraction of sp³-hybridized carbons (Fsp3) is 0.472. The minimum absolute atomic E-state index is 0.0522. The highest BCUT2D eigenvalue weighted by atomic mass is 16.4. The number of nitrogens with one attached hydrogen (secondary N) is 5. The Morgan fingerprint density at radius 2 is 1.15 bits per heavy atom. The van der Waals surface area contributed by atoms with Gasteiger partial charge in [0.2, 0.25) is 29.5 Å². The topological polar surface area (TPSA) is 334 Å². The second kappa shape index (κ2) is 22.3. The van der Waals surface area contributed by atoms with E-state index in [1.54, 1.807) is 13.8 Å². The van der Waals surface area contributed by atoms with E-state index in [0.29, 0.717) is 24.0 Å². The Morgan fingerprint density at radius 3 is 1.60 bits per heavy atom. The second-order valence-electron chi connectivity index (χ2n) is 13.1. The molecule has 0 fully saturated rings. The first-order chi connectivity index (χ1) is 25.9. The number of carbonyl (C=O) groups excluding carboxylic acids is 5. The van der Waals surface area contributed by atoms with Crippen LogP contribution in [0.5, 0.6) is 11.5 Å². The molecule has 5 amide bonds. The molecule has 15 N–H and O–H groups in total. The van der Waals surface area contributed by atoms with Crippen LogP contribution in [0.4, 0.5) is 0 Å². The summed E-state index contributed by atoms with van der Waals surface area (Å²) < 4.78 is 0. The minimum atomic E-state index is -1.65. The van der Waals surface area contributed by atoms with Gasteiger partial charge in [0.1, 0.15) is 41.7 Å². The van der Waals surface area contributed by atoms with E-state index in [1.807, 2.05) is 0 Å². The van der Waals surface area contributed by atoms with Gasteiger partial charge in [0.15, 0.2) is 5.96 Å². The number of aliphatic imine (C=N–C) groups is 1. The van der Waals surface area contributed by atoms with E-state index in [1.165, 1.54) is 55.5 Å². The molecule has 0 unspecified atom stereocenters. The molecule has 0 bridgehead atoms. The largest absolute Gasteiger partial charge is 0.508 e. The highest BCUT2D eigenvalue weighted by molar-refractivity contribution is 5.96. The number of amides is 5. The average molecular weight is 772 g/mol. The van der Waals surface area contributed by atoms with Crippen molar-refractivity contribution in [3.8, 4) is 11.5 Å². The first kappa shape index (κ1) is 45.2. The molecular weight excluding hydrogens is 718 g/mol. The predicted octanol–water partition coefficient (Wildman–Crippen LogP) is -2.17. The van der Waals surface area contributed by atoms with Crippen LogP contribution in [0.15, 0.2) is 53.5 Å². The molecule has 2 aromatic carbocycles. The first-order valence-corrected chi connectivity index (χ1v) is 17.7. The maximum absolute atomic E-state index is 13.8. The number of guanidine groups is 1. The molecule has 55 heavy (non-hydrogen) atoms. The molecule has 0 spiro atoms. The number of rotatable bonds is 22. The molecule has 19 heteroatoms. The van der Waals surface area contributed by atoms with E-state index in [4.69, 9.17) is 17.2 Å². The molecule has 0 aliphatic heterocycles. The van der Waals surface area contributed by atoms with Crippen LogP contribution in [0.2, 0.25) is 0 Å². The maximum Gasteiger partial charge on any atom is 0.325 e. The molecule has 0 aliphatic carbocycles. The SMILES string of the molecule is CC[C@H](C)[C@H](NC(=O)[C@@H](N)CCCN=C(N)N)C(=O)N[C@@H](Cc1ccc(O)cc1)C(=O)N[C@@H](CO)C(=O)N[C@@H](Cc1ccc(O)cc1)C(=O)N[C@@H](C)C(=O)O. The van der Waals surface area contributed by atoms with Crippen molar-refractivity contribution in [2.24, 2.45) is 28.1 Å². The van der Waals surface area contributed by atoms with Gasteiger partial charge in [0.05, 0.1) is 12.6 Å². The molecule has 0 saturated heterocycles. The van der Waals surface area contributed by atoms with Crippen LogP contribution in [0.25, 0.3) is 0 Å². The Bertz CT molecular complexity index is 1640. The van der Waals surface area contributed by atoms with Gasteiger partial charge in [-0.25, -0.2) is 0 Å². The Hall–Kier alpha value is -5.95. The lowest BCUT2D eigenvalue weighted by molar-refractivity contribution is -0.141. The highest BCUT2D eigenvalue weighted by Gasteiger charge is 2.34. The Morgan fingerprint density at radius 1 is 0.691 bits per heavy atom. The first-order valence-electron chi connectivity index (χ1n) is 17.7. The molecule has 0 heterocycles. The number of aliphatic carboxylic acids is 1. The van der Waals surface area contributed by atoms with E-state index in [9.17, 15) is 49.2 Å². The number of hydrogen-bond donors (Lipinski definition) is 12. The lowest BCUT2D eigenvalue weighted by atomic mass is 9.96.